The average Bonchev–Trinajstić information content (AvgIpc) is 2.41. The maximum absolute atomic E-state index is 12.2. The van der Waals surface area contributed by atoms with Gasteiger partial charge in [0.2, 0.25) is 0 Å². The Morgan fingerprint density at radius 1 is 1.14 bits per heavy atom. The number of nitrogens with two attached hydrogens (primary N) is 1. The number of nitrogens with one attached hydrogen (secondary N) is 1. The predicted molar refractivity (Wildman–Crippen MR) is 83.4 cm³/mol. The number of benzene rings is 2. The first kappa shape index (κ1) is 15.3. The van der Waals surface area contributed by atoms with Crippen LogP contribution in [0.2, 0.25) is 5.02 Å². The number of halogens is 1. The Morgan fingerprint density at radius 3 is 2.48 bits per heavy atom. The van der Waals surface area contributed by atoms with E-state index in [2.05, 4.69) is 5.32 Å². The van der Waals surface area contributed by atoms with E-state index in [4.69, 9.17) is 17.3 Å². The van der Waals surface area contributed by atoms with Gasteiger partial charge in [-0.2, -0.15) is 0 Å². The predicted octanol–water partition coefficient (Wildman–Crippen LogP) is 2.58. The van der Waals surface area contributed by atoms with Gasteiger partial charge in [0.05, 0.1) is 26.9 Å². The van der Waals surface area contributed by atoms with Crippen LogP contribution in [0.3, 0.4) is 0 Å². The molecule has 0 fully saturated rings. The molecule has 0 spiro atoms. The number of rotatable bonds is 3. The first-order valence-corrected chi connectivity index (χ1v) is 8.22. The van der Waals surface area contributed by atoms with Crippen LogP contribution in [0.5, 0.6) is 0 Å². The molecule has 21 heavy (non-hydrogen) atoms. The Bertz CT molecular complexity index is 804. The van der Waals surface area contributed by atoms with Gasteiger partial charge >= 0.3 is 0 Å². The summed E-state index contributed by atoms with van der Waals surface area (Å²) in [7, 11) is -3.45. The molecule has 5 nitrogen and oxygen atoms in total. The van der Waals surface area contributed by atoms with E-state index in [1.807, 2.05) is 0 Å². The van der Waals surface area contributed by atoms with Gasteiger partial charge in [0.25, 0.3) is 5.91 Å². The van der Waals surface area contributed by atoms with Gasteiger partial charge in [0.15, 0.2) is 9.84 Å². The number of carbonyl (C=O) groups excluding carboxylic acids is 1. The minimum absolute atomic E-state index is 0.0407. The van der Waals surface area contributed by atoms with Gasteiger partial charge in [-0.1, -0.05) is 29.8 Å². The summed E-state index contributed by atoms with van der Waals surface area (Å²) in [6.45, 7) is 0. The number of hydrogen-bond acceptors (Lipinski definition) is 4. The second kappa shape index (κ2) is 5.75. The van der Waals surface area contributed by atoms with Crippen molar-refractivity contribution in [2.75, 3.05) is 17.3 Å². The van der Waals surface area contributed by atoms with Crippen molar-refractivity contribution in [3.8, 4) is 0 Å². The molecule has 0 aliphatic rings. The molecule has 110 valence electrons. The van der Waals surface area contributed by atoms with Crippen molar-refractivity contribution < 1.29 is 13.2 Å². The van der Waals surface area contributed by atoms with Crippen molar-refractivity contribution in [2.45, 2.75) is 4.90 Å². The van der Waals surface area contributed by atoms with Gasteiger partial charge in [-0.3, -0.25) is 4.79 Å². The van der Waals surface area contributed by atoms with E-state index in [-0.39, 0.29) is 26.9 Å². The lowest BCUT2D eigenvalue weighted by atomic mass is 10.1. The minimum atomic E-state index is -3.45. The van der Waals surface area contributed by atoms with Crippen molar-refractivity contribution in [1.82, 2.24) is 0 Å². The Kier molecular flexibility index (Phi) is 4.20. The Labute approximate surface area is 127 Å². The summed E-state index contributed by atoms with van der Waals surface area (Å²) >= 11 is 5.86. The molecule has 0 bridgehead atoms. The normalized spacial score (nSPS) is 11.1. The highest BCUT2D eigenvalue weighted by Gasteiger charge is 2.17. The molecular weight excluding hydrogens is 312 g/mol. The highest BCUT2D eigenvalue weighted by atomic mass is 35.5. The number of amides is 1. The SMILES string of the molecule is CS(=O)(=O)c1ccccc1NC(=O)c1cccc(Cl)c1N. The largest absolute Gasteiger partial charge is 0.397 e. The fraction of sp³-hybridized carbons (Fsp3) is 0.0714. The van der Waals surface area contributed by atoms with Gasteiger partial charge in [-0.25, -0.2) is 8.42 Å². The molecular formula is C14H13ClN2O3S. The summed E-state index contributed by atoms with van der Waals surface area (Å²) < 4.78 is 23.4. The molecule has 0 saturated heterocycles. The molecule has 0 radical (unpaired) electrons. The zero-order valence-corrected chi connectivity index (χ0v) is 12.7. The molecule has 2 rings (SSSR count). The van der Waals surface area contributed by atoms with E-state index >= 15 is 0 Å². The van der Waals surface area contributed by atoms with E-state index in [1.54, 1.807) is 24.3 Å². The van der Waals surface area contributed by atoms with Crippen LogP contribution in [-0.4, -0.2) is 20.6 Å². The molecule has 3 N–H and O–H groups in total. The quantitative estimate of drug-likeness (QED) is 0.849. The molecule has 7 heteroatoms. The molecule has 1 amide bonds. The van der Waals surface area contributed by atoms with Crippen LogP contribution in [0.15, 0.2) is 47.4 Å². The third kappa shape index (κ3) is 3.34. The molecule has 2 aromatic rings. The zero-order chi connectivity index (χ0) is 15.6. The first-order valence-electron chi connectivity index (χ1n) is 5.95. The van der Waals surface area contributed by atoms with Crippen molar-refractivity contribution >= 4 is 38.7 Å². The molecule has 0 unspecified atom stereocenters. The second-order valence-electron chi connectivity index (χ2n) is 4.42. The van der Waals surface area contributed by atoms with Crippen LogP contribution < -0.4 is 11.1 Å². The Hall–Kier alpha value is -2.05. The van der Waals surface area contributed by atoms with E-state index < -0.39 is 15.7 Å². The lowest BCUT2D eigenvalue weighted by Gasteiger charge is -2.11. The van der Waals surface area contributed by atoms with Crippen LogP contribution in [-0.2, 0) is 9.84 Å². The van der Waals surface area contributed by atoms with Crippen LogP contribution in [0, 0.1) is 0 Å². The maximum atomic E-state index is 12.2. The summed E-state index contributed by atoms with van der Waals surface area (Å²) in [4.78, 5) is 12.3. The smallest absolute Gasteiger partial charge is 0.257 e. The fourth-order valence-electron chi connectivity index (χ4n) is 1.82. The van der Waals surface area contributed by atoms with Gasteiger partial charge < -0.3 is 11.1 Å². The van der Waals surface area contributed by atoms with Gasteiger partial charge in [0, 0.05) is 6.26 Å². The average molecular weight is 325 g/mol. The number of sulfone groups is 1. The number of nitrogen functional groups attached to an aromatic ring is 1. The highest BCUT2D eigenvalue weighted by Crippen LogP contribution is 2.25. The van der Waals surface area contributed by atoms with Crippen LogP contribution in [0.4, 0.5) is 11.4 Å². The maximum Gasteiger partial charge on any atom is 0.257 e. The number of para-hydroxylation sites is 2. The molecule has 0 saturated carbocycles. The third-order valence-corrected chi connectivity index (χ3v) is 4.32. The lowest BCUT2D eigenvalue weighted by molar-refractivity contribution is 0.102. The lowest BCUT2D eigenvalue weighted by Crippen LogP contribution is -2.16. The van der Waals surface area contributed by atoms with E-state index in [1.165, 1.54) is 18.2 Å². The summed E-state index contributed by atoms with van der Waals surface area (Å²) in [5.41, 5.74) is 6.28. The second-order valence-corrected chi connectivity index (χ2v) is 6.81. The first-order chi connectivity index (χ1) is 9.80. The number of hydrogen-bond donors (Lipinski definition) is 2. The van der Waals surface area contributed by atoms with Crippen molar-refractivity contribution in [3.63, 3.8) is 0 Å². The van der Waals surface area contributed by atoms with Crippen LogP contribution in [0.25, 0.3) is 0 Å². The number of carbonyl (C=O) groups is 1. The van der Waals surface area contributed by atoms with Crippen molar-refractivity contribution in [3.05, 3.63) is 53.1 Å². The van der Waals surface area contributed by atoms with Gasteiger partial charge in [-0.15, -0.1) is 0 Å². The summed E-state index contributed by atoms with van der Waals surface area (Å²) in [6, 6.07) is 10.8. The molecule has 0 atom stereocenters. The van der Waals surface area contributed by atoms with E-state index in [9.17, 15) is 13.2 Å². The highest BCUT2D eigenvalue weighted by molar-refractivity contribution is 7.90. The standard InChI is InChI=1S/C14H13ClN2O3S/c1-21(19,20)12-8-3-2-7-11(12)17-14(18)9-5-4-6-10(15)13(9)16/h2-8H,16H2,1H3,(H,17,18). The third-order valence-electron chi connectivity index (χ3n) is 2.83. The van der Waals surface area contributed by atoms with E-state index in [0.717, 1.165) is 6.26 Å². The number of anilines is 2. The molecule has 0 aliphatic carbocycles. The summed E-state index contributed by atoms with van der Waals surface area (Å²) in [6.07, 6.45) is 1.08. The van der Waals surface area contributed by atoms with Gasteiger partial charge in [-0.05, 0) is 24.3 Å². The zero-order valence-electron chi connectivity index (χ0n) is 11.1. The Balaban J connectivity index is 2.40. The van der Waals surface area contributed by atoms with Crippen molar-refractivity contribution in [1.29, 1.82) is 0 Å². The van der Waals surface area contributed by atoms with Crippen molar-refractivity contribution in [2.24, 2.45) is 0 Å². The summed E-state index contributed by atoms with van der Waals surface area (Å²) in [5.74, 6) is -0.522. The minimum Gasteiger partial charge on any atom is -0.397 e. The van der Waals surface area contributed by atoms with Gasteiger partial charge in [0.1, 0.15) is 0 Å². The fourth-order valence-corrected chi connectivity index (χ4v) is 2.84. The van der Waals surface area contributed by atoms with E-state index in [0.29, 0.717) is 0 Å². The molecule has 0 aliphatic heterocycles. The molecule has 2 aromatic carbocycles. The Morgan fingerprint density at radius 2 is 1.81 bits per heavy atom. The topological polar surface area (TPSA) is 89.3 Å². The summed E-state index contributed by atoms with van der Waals surface area (Å²) in [5, 5.41) is 2.81. The van der Waals surface area contributed by atoms with Crippen LogP contribution >= 0.6 is 11.6 Å². The monoisotopic (exact) mass is 324 g/mol. The van der Waals surface area contributed by atoms with Crippen LogP contribution in [0.1, 0.15) is 10.4 Å². The molecule has 0 aromatic heterocycles. The molecule has 0 heterocycles.